The van der Waals surface area contributed by atoms with Crippen molar-refractivity contribution in [3.05, 3.63) is 59.9 Å². The van der Waals surface area contributed by atoms with Crippen molar-refractivity contribution < 1.29 is 14.6 Å². The minimum absolute atomic E-state index is 0.0421. The molecule has 0 aliphatic carbocycles. The lowest BCUT2D eigenvalue weighted by Crippen LogP contribution is -2.05. The van der Waals surface area contributed by atoms with Crippen molar-refractivity contribution in [2.45, 2.75) is 6.61 Å². The fourth-order valence-electron chi connectivity index (χ4n) is 1.34. The normalized spacial score (nSPS) is 9.88. The quantitative estimate of drug-likeness (QED) is 0.819. The SMILES string of the molecule is O=C(OCc1ccccc1O)c1cccnc1. The number of esters is 1. The van der Waals surface area contributed by atoms with Crippen molar-refractivity contribution in [1.82, 2.24) is 4.98 Å². The number of carbonyl (C=O) groups excluding carboxylic acids is 1. The Kier molecular flexibility index (Phi) is 3.35. The summed E-state index contributed by atoms with van der Waals surface area (Å²) in [5.74, 6) is -0.340. The number of carbonyl (C=O) groups is 1. The Balaban J connectivity index is 2.00. The Labute approximate surface area is 98.5 Å². The molecule has 17 heavy (non-hydrogen) atoms. The van der Waals surface area contributed by atoms with E-state index in [4.69, 9.17) is 4.74 Å². The molecule has 0 atom stereocenters. The topological polar surface area (TPSA) is 59.4 Å². The second-order valence-corrected chi connectivity index (χ2v) is 3.45. The van der Waals surface area contributed by atoms with E-state index in [1.807, 2.05) is 0 Å². The molecule has 0 saturated carbocycles. The van der Waals surface area contributed by atoms with Gasteiger partial charge in [0, 0.05) is 18.0 Å². The number of benzene rings is 1. The predicted octanol–water partition coefficient (Wildman–Crippen LogP) is 2.14. The first-order valence-electron chi connectivity index (χ1n) is 5.11. The third kappa shape index (κ3) is 2.81. The lowest BCUT2D eigenvalue weighted by atomic mass is 10.2. The van der Waals surface area contributed by atoms with E-state index in [2.05, 4.69) is 4.98 Å². The molecule has 0 radical (unpaired) electrons. The zero-order valence-electron chi connectivity index (χ0n) is 9.04. The van der Waals surface area contributed by atoms with Crippen LogP contribution in [0, 0.1) is 0 Å². The summed E-state index contributed by atoms with van der Waals surface area (Å²) in [6, 6.07) is 10.0. The molecule has 1 N–H and O–H groups in total. The Morgan fingerprint density at radius 1 is 1.24 bits per heavy atom. The standard InChI is InChI=1S/C13H11NO3/c15-12-6-2-1-4-11(12)9-17-13(16)10-5-3-7-14-8-10/h1-8,15H,9H2. The molecule has 0 unspecified atom stereocenters. The van der Waals surface area contributed by atoms with Gasteiger partial charge in [-0.25, -0.2) is 4.79 Å². The van der Waals surface area contributed by atoms with Crippen LogP contribution in [0.1, 0.15) is 15.9 Å². The van der Waals surface area contributed by atoms with Crippen LogP contribution < -0.4 is 0 Å². The first-order chi connectivity index (χ1) is 8.27. The van der Waals surface area contributed by atoms with E-state index in [9.17, 15) is 9.90 Å². The molecule has 2 aromatic rings. The third-order valence-corrected chi connectivity index (χ3v) is 2.25. The molecule has 2 rings (SSSR count). The molecule has 0 bridgehead atoms. The van der Waals surface area contributed by atoms with Crippen LogP contribution in [-0.2, 0) is 11.3 Å². The van der Waals surface area contributed by atoms with Crippen LogP contribution in [0.2, 0.25) is 0 Å². The van der Waals surface area contributed by atoms with E-state index in [1.165, 1.54) is 6.20 Å². The van der Waals surface area contributed by atoms with Gasteiger partial charge in [0.25, 0.3) is 0 Å². The van der Waals surface area contributed by atoms with Crippen molar-refractivity contribution in [3.8, 4) is 5.75 Å². The monoisotopic (exact) mass is 229 g/mol. The lowest BCUT2D eigenvalue weighted by molar-refractivity contribution is 0.0470. The number of aromatic nitrogens is 1. The first kappa shape index (κ1) is 11.1. The van der Waals surface area contributed by atoms with Gasteiger partial charge < -0.3 is 9.84 Å². The van der Waals surface area contributed by atoms with E-state index in [0.29, 0.717) is 11.1 Å². The number of ether oxygens (including phenoxy) is 1. The molecule has 1 heterocycles. The number of rotatable bonds is 3. The van der Waals surface area contributed by atoms with Crippen LogP contribution in [0.25, 0.3) is 0 Å². The maximum Gasteiger partial charge on any atom is 0.340 e. The molecule has 4 nitrogen and oxygen atoms in total. The Bertz CT molecular complexity index is 511. The fraction of sp³-hybridized carbons (Fsp3) is 0.0769. The summed E-state index contributed by atoms with van der Waals surface area (Å²) in [6.07, 6.45) is 3.02. The average molecular weight is 229 g/mol. The highest BCUT2D eigenvalue weighted by molar-refractivity contribution is 5.88. The van der Waals surface area contributed by atoms with E-state index in [-0.39, 0.29) is 12.4 Å². The van der Waals surface area contributed by atoms with E-state index >= 15 is 0 Å². The number of hydrogen-bond donors (Lipinski definition) is 1. The molecule has 4 heteroatoms. The van der Waals surface area contributed by atoms with Crippen molar-refractivity contribution >= 4 is 5.97 Å². The van der Waals surface area contributed by atoms with Gasteiger partial charge in [-0.05, 0) is 18.2 Å². The van der Waals surface area contributed by atoms with Crippen molar-refractivity contribution in [3.63, 3.8) is 0 Å². The largest absolute Gasteiger partial charge is 0.508 e. The average Bonchev–Trinajstić information content (AvgIpc) is 2.38. The maximum absolute atomic E-state index is 11.6. The number of pyridine rings is 1. The molecule has 86 valence electrons. The third-order valence-electron chi connectivity index (χ3n) is 2.25. The van der Waals surface area contributed by atoms with Gasteiger partial charge in [0.2, 0.25) is 0 Å². The zero-order valence-corrected chi connectivity index (χ0v) is 9.04. The second-order valence-electron chi connectivity index (χ2n) is 3.45. The summed E-state index contributed by atoms with van der Waals surface area (Å²) < 4.78 is 5.06. The lowest BCUT2D eigenvalue weighted by Gasteiger charge is -2.05. The Morgan fingerprint density at radius 3 is 2.76 bits per heavy atom. The summed E-state index contributed by atoms with van der Waals surface area (Å²) in [7, 11) is 0. The number of hydrogen-bond acceptors (Lipinski definition) is 4. The number of nitrogens with zero attached hydrogens (tertiary/aromatic N) is 1. The zero-order chi connectivity index (χ0) is 12.1. The predicted molar refractivity (Wildman–Crippen MR) is 61.5 cm³/mol. The van der Waals surface area contributed by atoms with Crippen LogP contribution in [0.5, 0.6) is 5.75 Å². The highest BCUT2D eigenvalue weighted by atomic mass is 16.5. The fourth-order valence-corrected chi connectivity index (χ4v) is 1.34. The second kappa shape index (κ2) is 5.12. The molecule has 0 fully saturated rings. The van der Waals surface area contributed by atoms with Gasteiger partial charge in [-0.15, -0.1) is 0 Å². The van der Waals surface area contributed by atoms with Crippen molar-refractivity contribution in [1.29, 1.82) is 0 Å². The minimum atomic E-state index is -0.457. The highest BCUT2D eigenvalue weighted by Gasteiger charge is 2.08. The summed E-state index contributed by atoms with van der Waals surface area (Å²) in [5.41, 5.74) is 0.965. The van der Waals surface area contributed by atoms with Gasteiger partial charge in [0.1, 0.15) is 12.4 Å². The first-order valence-corrected chi connectivity index (χ1v) is 5.11. The number of aromatic hydroxyl groups is 1. The van der Waals surface area contributed by atoms with Gasteiger partial charge >= 0.3 is 5.97 Å². The smallest absolute Gasteiger partial charge is 0.340 e. The molecule has 1 aromatic heterocycles. The molecule has 1 aromatic carbocycles. The molecule has 0 aliphatic heterocycles. The van der Waals surface area contributed by atoms with Gasteiger partial charge in [0.15, 0.2) is 0 Å². The van der Waals surface area contributed by atoms with Crippen LogP contribution >= 0.6 is 0 Å². The molecule has 0 amide bonds. The number of para-hydroxylation sites is 1. The van der Waals surface area contributed by atoms with E-state index < -0.39 is 5.97 Å². The summed E-state index contributed by atoms with van der Waals surface area (Å²) >= 11 is 0. The molecule has 0 saturated heterocycles. The Hall–Kier alpha value is -2.36. The summed E-state index contributed by atoms with van der Waals surface area (Å²) in [4.78, 5) is 15.4. The molecular weight excluding hydrogens is 218 g/mol. The molecule has 0 spiro atoms. The van der Waals surface area contributed by atoms with Crippen LogP contribution in [0.15, 0.2) is 48.8 Å². The Morgan fingerprint density at radius 2 is 2.06 bits per heavy atom. The van der Waals surface area contributed by atoms with E-state index in [1.54, 1.807) is 42.6 Å². The minimum Gasteiger partial charge on any atom is -0.508 e. The van der Waals surface area contributed by atoms with Gasteiger partial charge in [-0.2, -0.15) is 0 Å². The highest BCUT2D eigenvalue weighted by Crippen LogP contribution is 2.16. The molecule has 0 aliphatic rings. The van der Waals surface area contributed by atoms with Crippen LogP contribution in [0.4, 0.5) is 0 Å². The summed E-state index contributed by atoms with van der Waals surface area (Å²) in [5, 5.41) is 9.49. The van der Waals surface area contributed by atoms with Gasteiger partial charge in [-0.1, -0.05) is 18.2 Å². The van der Waals surface area contributed by atoms with E-state index in [0.717, 1.165) is 0 Å². The van der Waals surface area contributed by atoms with Crippen LogP contribution in [0.3, 0.4) is 0 Å². The summed E-state index contributed by atoms with van der Waals surface area (Å²) in [6.45, 7) is 0.0421. The maximum atomic E-state index is 11.6. The van der Waals surface area contributed by atoms with Gasteiger partial charge in [-0.3, -0.25) is 4.98 Å². The molecular formula is C13H11NO3. The number of phenolic OH excluding ortho intramolecular Hbond substituents is 1. The van der Waals surface area contributed by atoms with Crippen molar-refractivity contribution in [2.24, 2.45) is 0 Å². The number of phenols is 1. The van der Waals surface area contributed by atoms with Gasteiger partial charge in [0.05, 0.1) is 5.56 Å². The van der Waals surface area contributed by atoms with Crippen molar-refractivity contribution in [2.75, 3.05) is 0 Å². The van der Waals surface area contributed by atoms with Crippen LogP contribution in [-0.4, -0.2) is 16.1 Å².